The molecule has 0 saturated carbocycles. The Labute approximate surface area is 82.9 Å². The lowest BCUT2D eigenvalue weighted by Crippen LogP contribution is -2.15. The Hall–Kier alpha value is -1.00. The van der Waals surface area contributed by atoms with E-state index in [2.05, 4.69) is 17.2 Å². The normalized spacial score (nSPS) is 9.92. The quantitative estimate of drug-likeness (QED) is 0.735. The third kappa shape index (κ3) is 3.48. The van der Waals surface area contributed by atoms with E-state index in [1.54, 1.807) is 6.20 Å². The molecule has 0 aliphatic rings. The molecular weight excluding hydrogens is 184 g/mol. The summed E-state index contributed by atoms with van der Waals surface area (Å²) < 4.78 is 5.26. The summed E-state index contributed by atoms with van der Waals surface area (Å²) in [6.07, 6.45) is 1.76. The number of aromatic nitrogens is 1. The summed E-state index contributed by atoms with van der Waals surface area (Å²) in [5.41, 5.74) is 7.33. The van der Waals surface area contributed by atoms with Gasteiger partial charge in [0, 0.05) is 11.9 Å². The fourth-order valence-corrected chi connectivity index (χ4v) is 1.02. The fraction of sp³-hybridized carbons (Fsp3) is 0.333. The van der Waals surface area contributed by atoms with Gasteiger partial charge in [0.2, 0.25) is 0 Å². The molecule has 0 amide bonds. The lowest BCUT2D eigenvalue weighted by Gasteiger charge is -2.04. The van der Waals surface area contributed by atoms with E-state index >= 15 is 0 Å². The van der Waals surface area contributed by atoms with Crippen LogP contribution in [-0.2, 0) is 11.3 Å². The Morgan fingerprint density at radius 3 is 3.08 bits per heavy atom. The summed E-state index contributed by atoms with van der Waals surface area (Å²) in [6.45, 7) is 2.78. The first-order chi connectivity index (χ1) is 6.20. The van der Waals surface area contributed by atoms with E-state index in [0.717, 1.165) is 11.3 Å². The molecule has 70 valence electrons. The Morgan fingerprint density at radius 2 is 2.46 bits per heavy atom. The number of hydrogen-bond donors (Lipinski definition) is 1. The topological polar surface area (TPSA) is 48.1 Å². The molecule has 0 atom stereocenters. The van der Waals surface area contributed by atoms with Gasteiger partial charge < -0.3 is 10.5 Å². The summed E-state index contributed by atoms with van der Waals surface area (Å²) >= 11 is 4.68. The maximum Gasteiger partial charge on any atom is 0.0989 e. The number of rotatable bonds is 4. The number of nitrogens with zero attached hydrogens (tertiary/aromatic N) is 1. The summed E-state index contributed by atoms with van der Waals surface area (Å²) in [4.78, 5) is 4.51. The Balaban J connectivity index is 2.45. The molecule has 0 spiro atoms. The van der Waals surface area contributed by atoms with Crippen LogP contribution in [-0.4, -0.2) is 16.6 Å². The summed E-state index contributed by atoms with van der Waals surface area (Å²) in [7, 11) is 0. The standard InChI is InChI=1S/C9H12N2OS/c1-7-8(3-2-4-11-7)5-12-6-9(10)13/h2-4H,5-6H2,1H3,(H2,10,13). The van der Waals surface area contributed by atoms with Crippen molar-refractivity contribution in [3.8, 4) is 0 Å². The Morgan fingerprint density at radius 1 is 1.69 bits per heavy atom. The molecule has 0 aliphatic heterocycles. The van der Waals surface area contributed by atoms with Crippen molar-refractivity contribution in [1.29, 1.82) is 0 Å². The van der Waals surface area contributed by atoms with Gasteiger partial charge in [-0.25, -0.2) is 0 Å². The van der Waals surface area contributed by atoms with E-state index in [0.29, 0.717) is 18.2 Å². The van der Waals surface area contributed by atoms with Crippen LogP contribution < -0.4 is 5.73 Å². The van der Waals surface area contributed by atoms with Gasteiger partial charge in [0.25, 0.3) is 0 Å². The number of pyridine rings is 1. The molecule has 1 aromatic heterocycles. The maximum atomic E-state index is 5.29. The molecule has 0 radical (unpaired) electrons. The van der Waals surface area contributed by atoms with E-state index in [-0.39, 0.29) is 0 Å². The van der Waals surface area contributed by atoms with Crippen LogP contribution in [0.2, 0.25) is 0 Å². The van der Waals surface area contributed by atoms with E-state index in [9.17, 15) is 0 Å². The van der Waals surface area contributed by atoms with Crippen LogP contribution in [0.3, 0.4) is 0 Å². The van der Waals surface area contributed by atoms with Crippen LogP contribution in [0.5, 0.6) is 0 Å². The van der Waals surface area contributed by atoms with Gasteiger partial charge >= 0.3 is 0 Å². The van der Waals surface area contributed by atoms with Crippen molar-refractivity contribution in [2.75, 3.05) is 6.61 Å². The lowest BCUT2D eigenvalue weighted by atomic mass is 10.2. The average Bonchev–Trinajstić information content (AvgIpc) is 2.08. The molecule has 1 aromatic rings. The third-order valence-corrected chi connectivity index (χ3v) is 1.74. The number of aryl methyl sites for hydroxylation is 1. The molecule has 0 bridgehead atoms. The van der Waals surface area contributed by atoms with E-state index in [1.165, 1.54) is 0 Å². The van der Waals surface area contributed by atoms with Crippen LogP contribution >= 0.6 is 12.2 Å². The summed E-state index contributed by atoms with van der Waals surface area (Å²) in [5.74, 6) is 0. The minimum absolute atomic E-state index is 0.323. The van der Waals surface area contributed by atoms with Gasteiger partial charge in [-0.2, -0.15) is 0 Å². The van der Waals surface area contributed by atoms with E-state index in [1.807, 2.05) is 19.1 Å². The second-order valence-electron chi connectivity index (χ2n) is 2.71. The highest BCUT2D eigenvalue weighted by Crippen LogP contribution is 2.04. The zero-order valence-electron chi connectivity index (χ0n) is 7.49. The van der Waals surface area contributed by atoms with Crippen molar-refractivity contribution < 1.29 is 4.74 Å². The van der Waals surface area contributed by atoms with Gasteiger partial charge in [-0.3, -0.25) is 4.98 Å². The average molecular weight is 196 g/mol. The Kier molecular flexibility index (Phi) is 3.79. The predicted octanol–water partition coefficient (Wildman–Crippen LogP) is 1.19. The van der Waals surface area contributed by atoms with Gasteiger partial charge in [-0.15, -0.1) is 0 Å². The fourth-order valence-electron chi connectivity index (χ4n) is 0.932. The van der Waals surface area contributed by atoms with Crippen LogP contribution in [0.15, 0.2) is 18.3 Å². The summed E-state index contributed by atoms with van der Waals surface area (Å²) in [6, 6.07) is 3.86. The van der Waals surface area contributed by atoms with Gasteiger partial charge in [-0.05, 0) is 18.6 Å². The molecule has 3 nitrogen and oxygen atoms in total. The minimum Gasteiger partial charge on any atom is -0.391 e. The number of thiocarbonyl (C=S) groups is 1. The molecule has 4 heteroatoms. The largest absolute Gasteiger partial charge is 0.391 e. The molecule has 13 heavy (non-hydrogen) atoms. The molecule has 1 heterocycles. The van der Waals surface area contributed by atoms with Crippen LogP contribution in [0, 0.1) is 6.92 Å². The van der Waals surface area contributed by atoms with Gasteiger partial charge in [0.15, 0.2) is 0 Å². The van der Waals surface area contributed by atoms with Crippen molar-refractivity contribution in [2.24, 2.45) is 5.73 Å². The SMILES string of the molecule is Cc1ncccc1COCC(N)=S. The highest BCUT2D eigenvalue weighted by atomic mass is 32.1. The predicted molar refractivity (Wildman–Crippen MR) is 55.4 cm³/mol. The van der Waals surface area contributed by atoms with E-state index < -0.39 is 0 Å². The highest BCUT2D eigenvalue weighted by Gasteiger charge is 1.98. The third-order valence-electron chi connectivity index (χ3n) is 1.62. The lowest BCUT2D eigenvalue weighted by molar-refractivity contribution is 0.158. The summed E-state index contributed by atoms with van der Waals surface area (Å²) in [5, 5.41) is 0. The molecule has 0 aromatic carbocycles. The van der Waals surface area contributed by atoms with Crippen molar-refractivity contribution >= 4 is 17.2 Å². The van der Waals surface area contributed by atoms with Crippen molar-refractivity contribution in [3.63, 3.8) is 0 Å². The molecule has 1 rings (SSSR count). The smallest absolute Gasteiger partial charge is 0.0989 e. The second kappa shape index (κ2) is 4.89. The van der Waals surface area contributed by atoms with Crippen LogP contribution in [0.4, 0.5) is 0 Å². The van der Waals surface area contributed by atoms with Crippen molar-refractivity contribution in [2.45, 2.75) is 13.5 Å². The van der Waals surface area contributed by atoms with Gasteiger partial charge in [0.1, 0.15) is 0 Å². The zero-order valence-corrected chi connectivity index (χ0v) is 8.30. The monoisotopic (exact) mass is 196 g/mol. The minimum atomic E-state index is 0.323. The zero-order chi connectivity index (χ0) is 9.68. The first-order valence-electron chi connectivity index (χ1n) is 3.96. The first-order valence-corrected chi connectivity index (χ1v) is 4.37. The number of hydrogen-bond acceptors (Lipinski definition) is 3. The van der Waals surface area contributed by atoms with Crippen molar-refractivity contribution in [3.05, 3.63) is 29.6 Å². The maximum absolute atomic E-state index is 5.29. The molecule has 0 aliphatic carbocycles. The van der Waals surface area contributed by atoms with Crippen molar-refractivity contribution in [1.82, 2.24) is 4.98 Å². The van der Waals surface area contributed by atoms with Crippen LogP contribution in [0.1, 0.15) is 11.3 Å². The second-order valence-corrected chi connectivity index (χ2v) is 3.23. The Bertz CT molecular complexity index is 301. The molecule has 0 unspecified atom stereocenters. The first kappa shape index (κ1) is 10.1. The molecule has 0 fully saturated rings. The molecule has 2 N–H and O–H groups in total. The molecular formula is C9H12N2OS. The van der Waals surface area contributed by atoms with E-state index in [4.69, 9.17) is 10.5 Å². The number of ether oxygens (including phenoxy) is 1. The number of nitrogens with two attached hydrogens (primary N) is 1. The molecule has 0 saturated heterocycles. The van der Waals surface area contributed by atoms with Crippen LogP contribution in [0.25, 0.3) is 0 Å². The van der Waals surface area contributed by atoms with Gasteiger partial charge in [-0.1, -0.05) is 18.3 Å². The van der Waals surface area contributed by atoms with Gasteiger partial charge in [0.05, 0.1) is 18.2 Å². The highest BCUT2D eigenvalue weighted by molar-refractivity contribution is 7.80.